The number of aryl methyl sites for hydroxylation is 2. The number of benzene rings is 1. The van der Waals surface area contributed by atoms with Crippen LogP contribution in [0.2, 0.25) is 0 Å². The van der Waals surface area contributed by atoms with Crippen LogP contribution in [0, 0.1) is 13.8 Å². The van der Waals surface area contributed by atoms with Gasteiger partial charge in [0.05, 0.1) is 10.9 Å². The average Bonchev–Trinajstić information content (AvgIpc) is 2.60. The minimum absolute atomic E-state index is 0.130. The molecule has 0 amide bonds. The Labute approximate surface area is 96.0 Å². The lowest BCUT2D eigenvalue weighted by Crippen LogP contribution is -2.10. The van der Waals surface area contributed by atoms with Crippen molar-refractivity contribution in [1.29, 1.82) is 0 Å². The number of aromatic nitrogens is 2. The lowest BCUT2D eigenvalue weighted by atomic mass is 10.1. The minimum Gasteiger partial charge on any atom is -0.289 e. The van der Waals surface area contributed by atoms with E-state index in [0.29, 0.717) is 0 Å². The lowest BCUT2D eigenvalue weighted by Gasteiger charge is -2.04. The van der Waals surface area contributed by atoms with Crippen LogP contribution in [0.3, 0.4) is 0 Å². The Morgan fingerprint density at radius 1 is 1.31 bits per heavy atom. The van der Waals surface area contributed by atoms with Gasteiger partial charge in [-0.05, 0) is 25.5 Å². The van der Waals surface area contributed by atoms with Crippen LogP contribution >= 0.6 is 11.3 Å². The Hall–Kier alpha value is -1.68. The van der Waals surface area contributed by atoms with Gasteiger partial charge >= 0.3 is 0 Å². The maximum Gasteiger partial charge on any atom is 0.282 e. The van der Waals surface area contributed by atoms with Crippen molar-refractivity contribution in [3.8, 4) is 0 Å². The highest BCUT2D eigenvalue weighted by molar-refractivity contribution is 7.15. The van der Waals surface area contributed by atoms with Gasteiger partial charge in [-0.3, -0.25) is 9.20 Å². The van der Waals surface area contributed by atoms with Gasteiger partial charge in [0, 0.05) is 11.1 Å². The highest BCUT2D eigenvalue weighted by Gasteiger charge is 2.09. The first-order valence-corrected chi connectivity index (χ1v) is 5.92. The molecule has 0 bridgehead atoms. The number of thiazole rings is 1. The van der Waals surface area contributed by atoms with Crippen molar-refractivity contribution >= 4 is 27.2 Å². The molecule has 0 atom stereocenters. The second-order valence-electron chi connectivity index (χ2n) is 3.88. The van der Waals surface area contributed by atoms with E-state index in [2.05, 4.69) is 4.98 Å². The molecule has 4 heteroatoms. The third kappa shape index (κ3) is 1.13. The number of nitrogens with zero attached hydrogens (tertiary/aromatic N) is 2. The highest BCUT2D eigenvalue weighted by Crippen LogP contribution is 2.20. The third-order valence-corrected chi connectivity index (χ3v) is 3.73. The zero-order valence-electron chi connectivity index (χ0n) is 9.02. The predicted octanol–water partition coefficient (Wildman–Crippen LogP) is 2.53. The fraction of sp³-hybridized carbons (Fsp3) is 0.167. The van der Waals surface area contributed by atoms with Crippen LogP contribution in [0.5, 0.6) is 0 Å². The molecule has 0 N–H and O–H groups in total. The Bertz CT molecular complexity index is 755. The van der Waals surface area contributed by atoms with E-state index in [4.69, 9.17) is 0 Å². The number of hydrogen-bond acceptors (Lipinski definition) is 3. The van der Waals surface area contributed by atoms with Gasteiger partial charge < -0.3 is 0 Å². The number of hydrogen-bond donors (Lipinski definition) is 0. The number of fused-ring (bicyclic) bond motifs is 3. The molecule has 0 spiro atoms. The molecule has 0 radical (unpaired) electrons. The monoisotopic (exact) mass is 230 g/mol. The van der Waals surface area contributed by atoms with Gasteiger partial charge in [-0.1, -0.05) is 12.1 Å². The van der Waals surface area contributed by atoms with Crippen LogP contribution in [0.25, 0.3) is 15.9 Å². The molecule has 3 nitrogen and oxygen atoms in total. The largest absolute Gasteiger partial charge is 0.289 e. The summed E-state index contributed by atoms with van der Waals surface area (Å²) in [5, 5.41) is 2.74. The van der Waals surface area contributed by atoms with E-state index >= 15 is 0 Å². The summed E-state index contributed by atoms with van der Waals surface area (Å²) < 4.78 is 2.04. The molecule has 0 aliphatic heterocycles. The molecule has 0 aliphatic carbocycles. The quantitative estimate of drug-likeness (QED) is 0.594. The fourth-order valence-electron chi connectivity index (χ4n) is 2.02. The normalized spacial score (nSPS) is 11.4. The van der Waals surface area contributed by atoms with Crippen LogP contribution in [-0.2, 0) is 0 Å². The molecule has 3 rings (SSSR count). The van der Waals surface area contributed by atoms with Crippen molar-refractivity contribution < 1.29 is 0 Å². The Kier molecular flexibility index (Phi) is 1.88. The summed E-state index contributed by atoms with van der Waals surface area (Å²) in [6.45, 7) is 3.97. The summed E-state index contributed by atoms with van der Waals surface area (Å²) in [7, 11) is 0. The van der Waals surface area contributed by atoms with Gasteiger partial charge in [0.1, 0.15) is 0 Å². The van der Waals surface area contributed by atoms with Crippen LogP contribution < -0.4 is 5.56 Å². The topological polar surface area (TPSA) is 34.4 Å². The molecule has 3 aromatic rings. The van der Waals surface area contributed by atoms with Gasteiger partial charge in [0.15, 0.2) is 4.96 Å². The van der Waals surface area contributed by atoms with E-state index in [1.54, 1.807) is 0 Å². The molecule has 0 saturated carbocycles. The molecule has 1 aromatic carbocycles. The van der Waals surface area contributed by atoms with Crippen molar-refractivity contribution in [3.63, 3.8) is 0 Å². The summed E-state index contributed by atoms with van der Waals surface area (Å²) in [4.78, 5) is 16.8. The van der Waals surface area contributed by atoms with Crippen LogP contribution in [0.1, 0.15) is 11.3 Å². The summed E-state index contributed by atoms with van der Waals surface area (Å²) >= 11 is 1.50. The second-order valence-corrected chi connectivity index (χ2v) is 4.72. The summed E-state index contributed by atoms with van der Waals surface area (Å²) in [5.74, 6) is 0. The smallest absolute Gasteiger partial charge is 0.282 e. The molecular formula is C12H10N2OS. The van der Waals surface area contributed by atoms with E-state index in [9.17, 15) is 4.79 Å². The standard InChI is InChI=1S/C12H10N2OS/c1-7-4-3-5-9-10(7)11(15)13-12-14(9)8(2)6-16-12/h3-6H,1-2H3. The van der Waals surface area contributed by atoms with Gasteiger partial charge in [-0.2, -0.15) is 4.98 Å². The predicted molar refractivity (Wildman–Crippen MR) is 66.3 cm³/mol. The van der Waals surface area contributed by atoms with E-state index in [1.165, 1.54) is 11.3 Å². The van der Waals surface area contributed by atoms with Gasteiger partial charge in [-0.25, -0.2) is 0 Å². The molecule has 0 aliphatic rings. The Morgan fingerprint density at radius 2 is 2.12 bits per heavy atom. The zero-order valence-corrected chi connectivity index (χ0v) is 9.84. The van der Waals surface area contributed by atoms with Crippen molar-refractivity contribution in [1.82, 2.24) is 9.38 Å². The third-order valence-electron chi connectivity index (χ3n) is 2.78. The minimum atomic E-state index is -0.130. The van der Waals surface area contributed by atoms with E-state index < -0.39 is 0 Å². The molecule has 0 saturated heterocycles. The highest BCUT2D eigenvalue weighted by atomic mass is 32.1. The summed E-state index contributed by atoms with van der Waals surface area (Å²) in [5.41, 5.74) is 2.92. The molecular weight excluding hydrogens is 220 g/mol. The van der Waals surface area contributed by atoms with Crippen molar-refractivity contribution in [2.45, 2.75) is 13.8 Å². The first-order valence-electron chi connectivity index (χ1n) is 5.04. The van der Waals surface area contributed by atoms with Crippen molar-refractivity contribution in [3.05, 3.63) is 45.2 Å². The first-order chi connectivity index (χ1) is 7.68. The molecule has 0 fully saturated rings. The van der Waals surface area contributed by atoms with Gasteiger partial charge in [0.2, 0.25) is 0 Å². The summed E-state index contributed by atoms with van der Waals surface area (Å²) in [6, 6.07) is 5.89. The van der Waals surface area contributed by atoms with Gasteiger partial charge in [0.25, 0.3) is 5.56 Å². The number of rotatable bonds is 0. The molecule has 16 heavy (non-hydrogen) atoms. The van der Waals surface area contributed by atoms with Crippen molar-refractivity contribution in [2.24, 2.45) is 0 Å². The Balaban J connectivity index is 2.74. The van der Waals surface area contributed by atoms with Crippen LogP contribution in [-0.4, -0.2) is 9.38 Å². The maximum atomic E-state index is 11.9. The SMILES string of the molecule is Cc1cccc2c1c(=O)nc1scc(C)n12. The molecule has 80 valence electrons. The molecule has 2 heterocycles. The first kappa shape index (κ1) is 9.54. The second kappa shape index (κ2) is 3.15. The zero-order chi connectivity index (χ0) is 11.3. The molecule has 2 aromatic heterocycles. The molecule has 0 unspecified atom stereocenters. The fourth-order valence-corrected chi connectivity index (χ4v) is 2.89. The van der Waals surface area contributed by atoms with E-state index in [-0.39, 0.29) is 5.56 Å². The van der Waals surface area contributed by atoms with E-state index in [1.807, 2.05) is 41.8 Å². The van der Waals surface area contributed by atoms with Crippen molar-refractivity contribution in [2.75, 3.05) is 0 Å². The lowest BCUT2D eigenvalue weighted by molar-refractivity contribution is 1.11. The van der Waals surface area contributed by atoms with Crippen LogP contribution in [0.4, 0.5) is 0 Å². The summed E-state index contributed by atoms with van der Waals surface area (Å²) in [6.07, 6.45) is 0. The average molecular weight is 230 g/mol. The Morgan fingerprint density at radius 3 is 2.94 bits per heavy atom. The van der Waals surface area contributed by atoms with E-state index in [0.717, 1.165) is 27.1 Å². The van der Waals surface area contributed by atoms with Gasteiger partial charge in [-0.15, -0.1) is 11.3 Å². The van der Waals surface area contributed by atoms with Crippen LogP contribution in [0.15, 0.2) is 28.4 Å². The maximum absolute atomic E-state index is 11.9.